The van der Waals surface area contributed by atoms with E-state index in [9.17, 15) is 14.9 Å². The Morgan fingerprint density at radius 3 is 2.77 bits per heavy atom. The zero-order valence-electron chi connectivity index (χ0n) is 25.3. The second-order valence-electron chi connectivity index (χ2n) is 13.0. The lowest BCUT2D eigenvalue weighted by atomic mass is 9.61. The molecule has 4 heterocycles. The highest BCUT2D eigenvalue weighted by Gasteiger charge is 2.59. The minimum absolute atomic E-state index is 0.0112. The summed E-state index contributed by atoms with van der Waals surface area (Å²) in [6.45, 7) is 6.96. The molecule has 0 aromatic heterocycles. The number of likely N-dealkylation sites (N-methyl/N-ethyl adjacent to an activating group) is 1. The van der Waals surface area contributed by atoms with Crippen LogP contribution in [0.4, 0.5) is 5.69 Å². The molecule has 4 aliphatic heterocycles. The van der Waals surface area contributed by atoms with Gasteiger partial charge in [0.15, 0.2) is 12.1 Å². The van der Waals surface area contributed by atoms with Gasteiger partial charge in [-0.25, -0.2) is 0 Å². The molecular weight excluding hydrogens is 566 g/mol. The lowest BCUT2D eigenvalue weighted by molar-refractivity contribution is -0.153. The summed E-state index contributed by atoms with van der Waals surface area (Å²) < 4.78 is 6.47. The molecule has 4 fully saturated rings. The van der Waals surface area contributed by atoms with Gasteiger partial charge in [-0.3, -0.25) is 25.1 Å². The van der Waals surface area contributed by atoms with Crippen LogP contribution in [0, 0.1) is 22.7 Å². The van der Waals surface area contributed by atoms with Crippen molar-refractivity contribution >= 4 is 29.0 Å². The monoisotopic (exact) mass is 609 g/mol. The fourth-order valence-electron chi connectivity index (χ4n) is 8.27. The zero-order chi connectivity index (χ0) is 30.3. The van der Waals surface area contributed by atoms with Crippen molar-refractivity contribution in [3.8, 4) is 6.07 Å². The topological polar surface area (TPSA) is 104 Å². The Morgan fingerprint density at radius 1 is 1.21 bits per heavy atom. The van der Waals surface area contributed by atoms with Gasteiger partial charge < -0.3 is 19.4 Å². The number of ether oxygens (including phenoxy) is 1. The maximum atomic E-state index is 14.7. The number of hydrogen-bond acceptors (Lipinski definition) is 9. The minimum Gasteiger partial charge on any atom is -0.357 e. The van der Waals surface area contributed by atoms with Gasteiger partial charge in [-0.05, 0) is 63.4 Å². The van der Waals surface area contributed by atoms with Crippen molar-refractivity contribution in [1.29, 1.82) is 5.26 Å². The first kappa shape index (κ1) is 30.5. The first-order valence-corrected chi connectivity index (χ1v) is 16.1. The van der Waals surface area contributed by atoms with Crippen LogP contribution < -0.4 is 15.5 Å². The molecule has 3 saturated heterocycles. The Balaban J connectivity index is 1.27. The molecule has 2 N–H and O–H groups in total. The number of piperazine rings is 1. The Labute approximate surface area is 259 Å². The number of rotatable bonds is 6. The summed E-state index contributed by atoms with van der Waals surface area (Å²) in [5, 5.41) is 16.8. The van der Waals surface area contributed by atoms with Crippen LogP contribution in [0.25, 0.3) is 0 Å². The number of alkyl halides is 1. The maximum Gasteiger partial charge on any atom is 0.246 e. The maximum absolute atomic E-state index is 14.7. The zero-order valence-corrected chi connectivity index (χ0v) is 26.0. The summed E-state index contributed by atoms with van der Waals surface area (Å²) in [5.74, 6) is -0.0114. The van der Waals surface area contributed by atoms with Gasteiger partial charge in [-0.15, -0.1) is 0 Å². The van der Waals surface area contributed by atoms with Crippen LogP contribution in [-0.4, -0.2) is 109 Å². The molecule has 11 heteroatoms. The van der Waals surface area contributed by atoms with E-state index in [-0.39, 0.29) is 36.2 Å². The third-order valence-electron chi connectivity index (χ3n) is 10.7. The number of carbonyl (C=O) groups excluding carboxylic acids is 2. The van der Waals surface area contributed by atoms with Gasteiger partial charge in [0.2, 0.25) is 5.91 Å². The Hall–Kier alpha value is -2.52. The number of Topliss-reactive ketones (excluding diaryl/α,β-unsaturated/α-hetero) is 1. The van der Waals surface area contributed by atoms with Crippen LogP contribution in [0.3, 0.4) is 0 Å². The van der Waals surface area contributed by atoms with E-state index in [1.165, 1.54) is 6.08 Å². The van der Waals surface area contributed by atoms with Crippen LogP contribution in [0.1, 0.15) is 37.7 Å². The van der Waals surface area contributed by atoms with Gasteiger partial charge in [-0.1, -0.05) is 36.4 Å². The number of halogens is 1. The average molecular weight is 610 g/mol. The number of benzene rings is 1. The van der Waals surface area contributed by atoms with E-state index in [2.05, 4.69) is 57.2 Å². The molecular formula is C32H44ClN7O3. The third-order valence-corrected chi connectivity index (χ3v) is 11.4. The molecule has 6 rings (SSSR count). The largest absolute Gasteiger partial charge is 0.357 e. The molecule has 1 aromatic carbocycles. The molecule has 232 valence electrons. The SMILES string of the molecule is C=CC(=O)N1CCN(C2NC(OCC3CCCN3C)NC3C(=O)[C@@]4(CCC32)Cc2ccccc2N(C)C4Cl)CC1CC#N. The van der Waals surface area contributed by atoms with E-state index >= 15 is 0 Å². The van der Waals surface area contributed by atoms with Crippen LogP contribution in [0.2, 0.25) is 0 Å². The van der Waals surface area contributed by atoms with Crippen molar-refractivity contribution in [3.05, 3.63) is 42.5 Å². The quantitative estimate of drug-likeness (QED) is 0.285. The van der Waals surface area contributed by atoms with Gasteiger partial charge in [0.25, 0.3) is 0 Å². The molecule has 8 atom stereocenters. The predicted molar refractivity (Wildman–Crippen MR) is 165 cm³/mol. The second-order valence-corrected chi connectivity index (χ2v) is 13.4. The number of nitrogens with one attached hydrogen (secondary N) is 2. The Morgan fingerprint density at radius 2 is 2.02 bits per heavy atom. The van der Waals surface area contributed by atoms with Gasteiger partial charge >= 0.3 is 0 Å². The molecule has 5 aliphatic rings. The van der Waals surface area contributed by atoms with Gasteiger partial charge in [0.05, 0.1) is 42.8 Å². The number of likely N-dealkylation sites (tertiary alicyclic amines) is 1. The number of hydrogen-bond donors (Lipinski definition) is 2. The van der Waals surface area contributed by atoms with Gasteiger partial charge in [-0.2, -0.15) is 5.26 Å². The molecule has 1 aliphatic carbocycles. The van der Waals surface area contributed by atoms with Gasteiger partial charge in [0.1, 0.15) is 5.50 Å². The van der Waals surface area contributed by atoms with Crippen molar-refractivity contribution < 1.29 is 14.3 Å². The molecule has 43 heavy (non-hydrogen) atoms. The highest BCUT2D eigenvalue weighted by Crippen LogP contribution is 2.51. The highest BCUT2D eigenvalue weighted by molar-refractivity contribution is 6.24. The fourth-order valence-corrected chi connectivity index (χ4v) is 8.67. The van der Waals surface area contributed by atoms with E-state index in [0.717, 1.165) is 37.1 Å². The van der Waals surface area contributed by atoms with Crippen molar-refractivity contribution in [2.75, 3.05) is 51.8 Å². The molecule has 0 radical (unpaired) electrons. The fraction of sp³-hybridized carbons (Fsp3) is 0.656. The summed E-state index contributed by atoms with van der Waals surface area (Å²) in [6.07, 6.45) is 5.28. The standard InChI is InChI=1S/C32H44ClN7O3/c1-4-26(41)40-17-16-39(19-22(40)12-14-34)29-24-11-13-32(18-21-8-5-6-10-25(21)38(3)30(32)33)28(42)27(24)35-31(36-29)43-20-23-9-7-15-37(23)2/h4-6,8,10,22-24,27,29-31,35-36H,1,7,9,11-13,15-20H2,2-3H3/t22?,23?,24?,27?,29?,30?,31?,32-/m1/s1. The number of anilines is 1. The lowest BCUT2D eigenvalue weighted by Crippen LogP contribution is -2.75. The highest BCUT2D eigenvalue weighted by atomic mass is 35.5. The summed E-state index contributed by atoms with van der Waals surface area (Å²) in [5.41, 5.74) is 1.07. The number of ketones is 1. The van der Waals surface area contributed by atoms with E-state index in [1.807, 2.05) is 19.2 Å². The number of carbonyl (C=O) groups is 2. The van der Waals surface area contributed by atoms with Gasteiger partial charge in [0, 0.05) is 44.3 Å². The van der Waals surface area contributed by atoms with Crippen LogP contribution >= 0.6 is 11.6 Å². The molecule has 1 amide bonds. The van der Waals surface area contributed by atoms with E-state index in [1.54, 1.807) is 4.90 Å². The first-order valence-electron chi connectivity index (χ1n) is 15.6. The lowest BCUT2D eigenvalue weighted by Gasteiger charge is -2.57. The third kappa shape index (κ3) is 5.49. The number of nitrogens with zero attached hydrogens (tertiary/aromatic N) is 5. The van der Waals surface area contributed by atoms with Crippen molar-refractivity contribution in [2.45, 2.75) is 74.7 Å². The Bertz CT molecular complexity index is 1270. The number of fused-ring (bicyclic) bond motifs is 2. The predicted octanol–water partition coefficient (Wildman–Crippen LogP) is 2.10. The summed E-state index contributed by atoms with van der Waals surface area (Å²) in [6, 6.07) is 10.2. The molecule has 7 unspecified atom stereocenters. The van der Waals surface area contributed by atoms with Crippen molar-refractivity contribution in [1.82, 2.24) is 25.3 Å². The second kappa shape index (κ2) is 12.5. The van der Waals surface area contributed by atoms with E-state index < -0.39 is 23.3 Å². The van der Waals surface area contributed by atoms with Crippen LogP contribution in [0.5, 0.6) is 0 Å². The molecule has 1 spiro atoms. The Kier molecular flexibility index (Phi) is 8.84. The molecule has 1 saturated carbocycles. The average Bonchev–Trinajstić information content (AvgIpc) is 3.44. The number of para-hydroxylation sites is 1. The summed E-state index contributed by atoms with van der Waals surface area (Å²) in [7, 11) is 4.12. The van der Waals surface area contributed by atoms with Crippen LogP contribution in [-0.2, 0) is 20.7 Å². The van der Waals surface area contributed by atoms with Crippen LogP contribution in [0.15, 0.2) is 36.9 Å². The number of nitriles is 1. The minimum atomic E-state index is -0.713. The first-order chi connectivity index (χ1) is 20.8. The molecule has 1 aromatic rings. The van der Waals surface area contributed by atoms with Crippen molar-refractivity contribution in [3.63, 3.8) is 0 Å². The summed E-state index contributed by atoms with van der Waals surface area (Å²) in [4.78, 5) is 35.8. The van der Waals surface area contributed by atoms with Crippen molar-refractivity contribution in [2.24, 2.45) is 11.3 Å². The smallest absolute Gasteiger partial charge is 0.246 e. The van der Waals surface area contributed by atoms with E-state index in [0.29, 0.717) is 45.1 Å². The molecule has 0 bridgehead atoms. The number of amides is 1. The normalized spacial score (nSPS) is 36.7. The summed E-state index contributed by atoms with van der Waals surface area (Å²) >= 11 is 7.19. The van der Waals surface area contributed by atoms with E-state index in [4.69, 9.17) is 16.3 Å². The molecule has 10 nitrogen and oxygen atoms in total.